The molecule has 3 atom stereocenters. The molecule has 0 radical (unpaired) electrons. The molecule has 1 saturated carbocycles. The molecule has 0 aromatic heterocycles. The highest BCUT2D eigenvalue weighted by molar-refractivity contribution is 5.82. The highest BCUT2D eigenvalue weighted by Crippen LogP contribution is 2.48. The average molecular weight is 260 g/mol. The van der Waals surface area contributed by atoms with E-state index in [9.17, 15) is 9.90 Å². The lowest BCUT2D eigenvalue weighted by molar-refractivity contribution is -0.120. The first kappa shape index (κ1) is 12.7. The lowest BCUT2D eigenvalue weighted by atomic mass is 9.75. The molecule has 0 heterocycles. The highest BCUT2D eigenvalue weighted by Gasteiger charge is 2.45. The minimum Gasteiger partial charge on any atom is -0.497 e. The van der Waals surface area contributed by atoms with Crippen LogP contribution in [0.2, 0.25) is 0 Å². The van der Waals surface area contributed by atoms with Gasteiger partial charge in [0.2, 0.25) is 0 Å². The van der Waals surface area contributed by atoms with Gasteiger partial charge in [-0.05, 0) is 47.4 Å². The van der Waals surface area contributed by atoms with Crippen LogP contribution in [0.5, 0.6) is 5.75 Å². The van der Waals surface area contributed by atoms with Gasteiger partial charge in [-0.1, -0.05) is 13.0 Å². The first-order valence-corrected chi connectivity index (χ1v) is 6.89. The topological polar surface area (TPSA) is 46.5 Å². The number of ketones is 1. The maximum absolute atomic E-state index is 12.0. The quantitative estimate of drug-likeness (QED) is 0.842. The van der Waals surface area contributed by atoms with Crippen molar-refractivity contribution in [3.63, 3.8) is 0 Å². The molecule has 1 fully saturated rings. The van der Waals surface area contributed by atoms with E-state index in [4.69, 9.17) is 4.74 Å². The van der Waals surface area contributed by atoms with E-state index in [2.05, 4.69) is 6.92 Å². The van der Waals surface area contributed by atoms with E-state index >= 15 is 0 Å². The third-order valence-corrected chi connectivity index (χ3v) is 4.76. The number of carbonyl (C=O) groups is 1. The van der Waals surface area contributed by atoms with Gasteiger partial charge in [0.15, 0.2) is 0 Å². The lowest BCUT2D eigenvalue weighted by Crippen LogP contribution is -2.24. The van der Waals surface area contributed by atoms with Crippen LogP contribution >= 0.6 is 0 Å². The molecule has 0 amide bonds. The standard InChI is InChI=1S/C16H20O3/c1-16-8-11(15(18)9-16)6-12(17)5-10-3-4-13(19-2)7-14(10)16/h3-4,7,11,15,18H,5-6,8-9H2,1-2H3. The summed E-state index contributed by atoms with van der Waals surface area (Å²) in [7, 11) is 1.66. The summed E-state index contributed by atoms with van der Waals surface area (Å²) < 4.78 is 5.31. The molecule has 1 aromatic rings. The molecule has 0 saturated heterocycles. The van der Waals surface area contributed by atoms with Crippen molar-refractivity contribution in [2.45, 2.75) is 44.1 Å². The number of carbonyl (C=O) groups excluding carboxylic acids is 1. The molecule has 2 aliphatic rings. The van der Waals surface area contributed by atoms with E-state index in [0.717, 1.165) is 24.2 Å². The molecule has 19 heavy (non-hydrogen) atoms. The highest BCUT2D eigenvalue weighted by atomic mass is 16.5. The monoisotopic (exact) mass is 260 g/mol. The molecule has 3 unspecified atom stereocenters. The van der Waals surface area contributed by atoms with E-state index in [1.807, 2.05) is 18.2 Å². The van der Waals surface area contributed by atoms with Crippen LogP contribution in [-0.2, 0) is 16.6 Å². The fraction of sp³-hybridized carbons (Fsp3) is 0.562. The van der Waals surface area contributed by atoms with Gasteiger partial charge in [-0.15, -0.1) is 0 Å². The molecule has 2 aliphatic carbocycles. The zero-order valence-electron chi connectivity index (χ0n) is 11.5. The number of rotatable bonds is 1. The zero-order valence-corrected chi connectivity index (χ0v) is 11.5. The summed E-state index contributed by atoms with van der Waals surface area (Å²) in [5, 5.41) is 10.2. The first-order valence-electron chi connectivity index (χ1n) is 6.89. The van der Waals surface area contributed by atoms with Gasteiger partial charge in [-0.25, -0.2) is 0 Å². The maximum atomic E-state index is 12.0. The van der Waals surface area contributed by atoms with Gasteiger partial charge in [0.25, 0.3) is 0 Å². The summed E-state index contributed by atoms with van der Waals surface area (Å²) in [5.41, 5.74) is 2.25. The van der Waals surface area contributed by atoms with Crippen molar-refractivity contribution in [3.8, 4) is 5.75 Å². The Bertz CT molecular complexity index is 523. The van der Waals surface area contributed by atoms with Gasteiger partial charge >= 0.3 is 0 Å². The Hall–Kier alpha value is -1.35. The number of hydrogen-bond acceptors (Lipinski definition) is 3. The molecule has 102 valence electrons. The molecule has 1 aromatic carbocycles. The molecule has 0 aliphatic heterocycles. The van der Waals surface area contributed by atoms with E-state index in [0.29, 0.717) is 12.8 Å². The van der Waals surface area contributed by atoms with Gasteiger partial charge in [-0.2, -0.15) is 0 Å². The summed E-state index contributed by atoms with van der Waals surface area (Å²) in [6.07, 6.45) is 2.28. The minimum atomic E-state index is -0.355. The van der Waals surface area contributed by atoms with Gasteiger partial charge in [0.1, 0.15) is 11.5 Å². The van der Waals surface area contributed by atoms with Crippen LogP contribution in [0, 0.1) is 5.92 Å². The summed E-state index contributed by atoms with van der Waals surface area (Å²) >= 11 is 0. The Morgan fingerprint density at radius 2 is 2.16 bits per heavy atom. The molecule has 3 nitrogen and oxygen atoms in total. The van der Waals surface area contributed by atoms with Gasteiger partial charge < -0.3 is 9.84 Å². The average Bonchev–Trinajstić information content (AvgIpc) is 2.65. The Balaban J connectivity index is 2.13. The summed E-state index contributed by atoms with van der Waals surface area (Å²) in [6.45, 7) is 2.20. The molecular formula is C16H20O3. The number of hydrogen-bond donors (Lipinski definition) is 1. The predicted octanol–water partition coefficient (Wildman–Crippen LogP) is 2.24. The third kappa shape index (κ3) is 2.06. The number of aliphatic hydroxyl groups excluding tert-OH is 1. The Labute approximate surface area is 113 Å². The largest absolute Gasteiger partial charge is 0.497 e. The number of methoxy groups -OCH3 is 1. The van der Waals surface area contributed by atoms with E-state index < -0.39 is 0 Å². The molecule has 3 rings (SSSR count). The maximum Gasteiger partial charge on any atom is 0.137 e. The second-order valence-corrected chi connectivity index (χ2v) is 6.24. The normalized spacial score (nSPS) is 33.5. The zero-order chi connectivity index (χ0) is 13.6. The van der Waals surface area contributed by atoms with Crippen molar-refractivity contribution >= 4 is 5.78 Å². The van der Waals surface area contributed by atoms with Crippen LogP contribution in [0.25, 0.3) is 0 Å². The van der Waals surface area contributed by atoms with E-state index in [1.165, 1.54) is 5.56 Å². The lowest BCUT2D eigenvalue weighted by Gasteiger charge is -2.29. The first-order chi connectivity index (χ1) is 9.01. The Morgan fingerprint density at radius 1 is 1.37 bits per heavy atom. The molecule has 1 N–H and O–H groups in total. The van der Waals surface area contributed by atoms with E-state index in [-0.39, 0.29) is 23.2 Å². The van der Waals surface area contributed by atoms with Crippen LogP contribution < -0.4 is 4.74 Å². The van der Waals surface area contributed by atoms with Crippen molar-refractivity contribution in [1.29, 1.82) is 0 Å². The fourth-order valence-corrected chi connectivity index (χ4v) is 3.83. The van der Waals surface area contributed by atoms with Crippen LogP contribution in [0.4, 0.5) is 0 Å². The molecular weight excluding hydrogens is 240 g/mol. The summed E-state index contributed by atoms with van der Waals surface area (Å²) in [5.74, 6) is 1.18. The second-order valence-electron chi connectivity index (χ2n) is 6.24. The molecule has 0 spiro atoms. The number of ether oxygens (including phenoxy) is 1. The third-order valence-electron chi connectivity index (χ3n) is 4.76. The number of fused-ring (bicyclic) bond motifs is 4. The van der Waals surface area contributed by atoms with Crippen molar-refractivity contribution in [3.05, 3.63) is 29.3 Å². The number of benzene rings is 1. The van der Waals surface area contributed by atoms with Crippen LogP contribution in [0.15, 0.2) is 18.2 Å². The number of Topliss-reactive ketones (excluding diaryl/α,β-unsaturated/α-hetero) is 1. The van der Waals surface area contributed by atoms with Crippen LogP contribution in [0.3, 0.4) is 0 Å². The Kier molecular flexibility index (Phi) is 2.90. The van der Waals surface area contributed by atoms with E-state index in [1.54, 1.807) is 7.11 Å². The van der Waals surface area contributed by atoms with Gasteiger partial charge in [0.05, 0.1) is 13.2 Å². The van der Waals surface area contributed by atoms with Crippen molar-refractivity contribution < 1.29 is 14.6 Å². The smallest absolute Gasteiger partial charge is 0.137 e. The van der Waals surface area contributed by atoms with Crippen LogP contribution in [-0.4, -0.2) is 24.1 Å². The predicted molar refractivity (Wildman–Crippen MR) is 72.4 cm³/mol. The van der Waals surface area contributed by atoms with Crippen LogP contribution in [0.1, 0.15) is 37.3 Å². The summed E-state index contributed by atoms with van der Waals surface area (Å²) in [4.78, 5) is 12.0. The van der Waals surface area contributed by atoms with Crippen molar-refractivity contribution in [2.24, 2.45) is 5.92 Å². The van der Waals surface area contributed by atoms with Crippen molar-refractivity contribution in [1.82, 2.24) is 0 Å². The minimum absolute atomic E-state index is 0.0331. The molecule has 3 heteroatoms. The fourth-order valence-electron chi connectivity index (χ4n) is 3.83. The molecule has 2 bridgehead atoms. The Morgan fingerprint density at radius 3 is 2.89 bits per heavy atom. The SMILES string of the molecule is COc1ccc2c(c1)C1(C)CC(O)C(CC(=O)C2)C1. The van der Waals surface area contributed by atoms with Gasteiger partial charge in [0, 0.05) is 12.8 Å². The number of aliphatic hydroxyl groups is 1. The second kappa shape index (κ2) is 4.34. The van der Waals surface area contributed by atoms with Gasteiger partial charge in [-0.3, -0.25) is 4.79 Å². The van der Waals surface area contributed by atoms with Crippen molar-refractivity contribution in [2.75, 3.05) is 7.11 Å². The summed E-state index contributed by atoms with van der Waals surface area (Å²) in [6, 6.07) is 5.96.